The predicted octanol–water partition coefficient (Wildman–Crippen LogP) is 3.80. The highest BCUT2D eigenvalue weighted by atomic mass is 32.1. The van der Waals surface area contributed by atoms with Crippen molar-refractivity contribution in [2.75, 3.05) is 7.11 Å². The third-order valence-corrected chi connectivity index (χ3v) is 4.31. The van der Waals surface area contributed by atoms with Gasteiger partial charge in [0.1, 0.15) is 6.61 Å². The van der Waals surface area contributed by atoms with E-state index < -0.39 is 5.97 Å². The number of thiazole rings is 1. The van der Waals surface area contributed by atoms with E-state index in [1.807, 2.05) is 42.5 Å². The minimum Gasteiger partial charge on any atom is -0.465 e. The van der Waals surface area contributed by atoms with Crippen molar-refractivity contribution in [1.29, 1.82) is 0 Å². The van der Waals surface area contributed by atoms with Crippen LogP contribution in [0.1, 0.15) is 12.5 Å². The monoisotopic (exact) mass is 356 g/mol. The fourth-order valence-corrected chi connectivity index (χ4v) is 2.88. The average Bonchev–Trinajstić information content (AvgIpc) is 3.07. The van der Waals surface area contributed by atoms with Crippen LogP contribution in [-0.2, 0) is 16.1 Å². The maximum Gasteiger partial charge on any atom is 0.355 e. The molecule has 0 fully saturated rings. The quantitative estimate of drug-likeness (QED) is 0.382. The van der Waals surface area contributed by atoms with Crippen LogP contribution in [0.25, 0.3) is 10.2 Å². The number of carbonyl (C=O) groups is 1. The molecule has 3 rings (SSSR count). The Morgan fingerprint density at radius 3 is 2.72 bits per heavy atom. The Balaban J connectivity index is 1.71. The van der Waals surface area contributed by atoms with E-state index in [1.54, 1.807) is 6.07 Å². The molecule has 7 heteroatoms. The minimum absolute atomic E-state index is 0.129. The molecule has 0 N–H and O–H groups in total. The summed E-state index contributed by atoms with van der Waals surface area (Å²) in [6.45, 7) is 1.80. The zero-order chi connectivity index (χ0) is 17.6. The van der Waals surface area contributed by atoms with E-state index >= 15 is 0 Å². The highest BCUT2D eigenvalue weighted by Crippen LogP contribution is 2.29. The Morgan fingerprint density at radius 2 is 1.92 bits per heavy atom. The zero-order valence-corrected chi connectivity index (χ0v) is 14.6. The van der Waals surface area contributed by atoms with Crippen molar-refractivity contribution in [3.05, 3.63) is 54.1 Å². The molecule has 0 aliphatic carbocycles. The van der Waals surface area contributed by atoms with Gasteiger partial charge in [-0.1, -0.05) is 46.8 Å². The van der Waals surface area contributed by atoms with Gasteiger partial charge >= 0.3 is 5.97 Å². The Labute approximate surface area is 148 Å². The zero-order valence-electron chi connectivity index (χ0n) is 13.8. The molecule has 6 nitrogen and oxygen atoms in total. The van der Waals surface area contributed by atoms with Gasteiger partial charge in [-0.2, -0.15) is 0 Å². The predicted molar refractivity (Wildman–Crippen MR) is 96.1 cm³/mol. The number of nitrogens with zero attached hydrogens (tertiary/aromatic N) is 2. The summed E-state index contributed by atoms with van der Waals surface area (Å²) in [5.41, 5.74) is 1.83. The molecule has 1 heterocycles. The first-order valence-electron chi connectivity index (χ1n) is 7.53. The standard InChI is InChI=1S/C18H16N2O4S/c1-12(17(21)22-2)20-24-15-9-5-3-7-13(15)11-23-18-19-14-8-4-6-10-16(14)25-18/h3-10H,11H2,1-2H3/b20-12+. The SMILES string of the molecule is COC(=O)/C(C)=N/Oc1ccccc1COc1nc2ccccc2s1. The second kappa shape index (κ2) is 7.76. The second-order valence-corrected chi connectivity index (χ2v) is 6.10. The first-order valence-corrected chi connectivity index (χ1v) is 8.35. The number of carbonyl (C=O) groups excluding carboxylic acids is 1. The van der Waals surface area contributed by atoms with Gasteiger partial charge in [-0.25, -0.2) is 9.78 Å². The molecule has 0 bridgehead atoms. The lowest BCUT2D eigenvalue weighted by Crippen LogP contribution is -2.13. The van der Waals surface area contributed by atoms with E-state index in [4.69, 9.17) is 9.57 Å². The number of rotatable bonds is 6. The van der Waals surface area contributed by atoms with Crippen LogP contribution < -0.4 is 9.57 Å². The Bertz CT molecular complexity index is 887. The number of methoxy groups -OCH3 is 1. The van der Waals surface area contributed by atoms with Crippen molar-refractivity contribution >= 4 is 33.2 Å². The Hall–Kier alpha value is -2.93. The molecular weight excluding hydrogens is 340 g/mol. The van der Waals surface area contributed by atoms with Crippen molar-refractivity contribution in [3.63, 3.8) is 0 Å². The third kappa shape index (κ3) is 4.13. The molecule has 0 aliphatic rings. The molecule has 0 unspecified atom stereocenters. The molecule has 0 saturated heterocycles. The first kappa shape index (κ1) is 16.9. The smallest absolute Gasteiger partial charge is 0.355 e. The molecule has 0 spiro atoms. The molecule has 0 aliphatic heterocycles. The summed E-state index contributed by atoms with van der Waals surface area (Å²) in [6.07, 6.45) is 0. The minimum atomic E-state index is -0.539. The number of hydrogen-bond donors (Lipinski definition) is 0. The highest BCUT2D eigenvalue weighted by Gasteiger charge is 2.10. The van der Waals surface area contributed by atoms with Crippen LogP contribution in [0.3, 0.4) is 0 Å². The number of oxime groups is 1. The Morgan fingerprint density at radius 1 is 1.16 bits per heavy atom. The summed E-state index contributed by atoms with van der Waals surface area (Å²) < 4.78 is 11.4. The van der Waals surface area contributed by atoms with E-state index in [0.29, 0.717) is 10.9 Å². The fourth-order valence-electron chi connectivity index (χ4n) is 2.07. The number of aromatic nitrogens is 1. The third-order valence-electron chi connectivity index (χ3n) is 3.36. The van der Waals surface area contributed by atoms with E-state index in [-0.39, 0.29) is 12.3 Å². The maximum atomic E-state index is 11.3. The van der Waals surface area contributed by atoms with Gasteiger partial charge < -0.3 is 14.3 Å². The van der Waals surface area contributed by atoms with Crippen molar-refractivity contribution < 1.29 is 19.1 Å². The summed E-state index contributed by atoms with van der Waals surface area (Å²) in [6, 6.07) is 15.2. The van der Waals surface area contributed by atoms with Gasteiger partial charge in [0, 0.05) is 5.56 Å². The number of ether oxygens (including phenoxy) is 2. The van der Waals surface area contributed by atoms with Crippen molar-refractivity contribution in [1.82, 2.24) is 4.98 Å². The van der Waals surface area contributed by atoms with Crippen LogP contribution >= 0.6 is 11.3 Å². The van der Waals surface area contributed by atoms with Crippen LogP contribution in [0.15, 0.2) is 53.7 Å². The number of fused-ring (bicyclic) bond motifs is 1. The van der Waals surface area contributed by atoms with Gasteiger partial charge in [-0.3, -0.25) is 0 Å². The molecule has 0 amide bonds. The van der Waals surface area contributed by atoms with Crippen LogP contribution in [0.2, 0.25) is 0 Å². The molecule has 3 aromatic rings. The molecule has 1 aromatic heterocycles. The lowest BCUT2D eigenvalue weighted by atomic mass is 10.2. The van der Waals surface area contributed by atoms with Gasteiger partial charge in [0.25, 0.3) is 5.19 Å². The molecule has 0 radical (unpaired) electrons. The lowest BCUT2D eigenvalue weighted by molar-refractivity contribution is -0.132. The first-order chi connectivity index (χ1) is 12.2. The van der Waals surface area contributed by atoms with Crippen LogP contribution in [0, 0.1) is 0 Å². The normalized spacial score (nSPS) is 11.4. The highest BCUT2D eigenvalue weighted by molar-refractivity contribution is 7.20. The van der Waals surface area contributed by atoms with Crippen molar-refractivity contribution in [3.8, 4) is 10.9 Å². The summed E-state index contributed by atoms with van der Waals surface area (Å²) in [5, 5.41) is 4.38. The van der Waals surface area contributed by atoms with Crippen LogP contribution in [-0.4, -0.2) is 23.8 Å². The number of para-hydroxylation sites is 2. The van der Waals surface area contributed by atoms with Crippen molar-refractivity contribution in [2.24, 2.45) is 5.16 Å². The fraction of sp³-hybridized carbons (Fsp3) is 0.167. The topological polar surface area (TPSA) is 70.0 Å². The molecule has 25 heavy (non-hydrogen) atoms. The molecule has 0 saturated carbocycles. The van der Waals surface area contributed by atoms with E-state index in [0.717, 1.165) is 15.8 Å². The maximum absolute atomic E-state index is 11.3. The van der Waals surface area contributed by atoms with Gasteiger partial charge in [-0.15, -0.1) is 0 Å². The molecule has 0 atom stereocenters. The summed E-state index contributed by atoms with van der Waals surface area (Å²) in [5.74, 6) is -0.0323. The van der Waals surface area contributed by atoms with Gasteiger partial charge in [0.15, 0.2) is 11.5 Å². The second-order valence-electron chi connectivity index (χ2n) is 5.10. The molecule has 2 aromatic carbocycles. The van der Waals surface area contributed by atoms with Gasteiger partial charge in [0.2, 0.25) is 0 Å². The molecule has 128 valence electrons. The largest absolute Gasteiger partial charge is 0.465 e. The van der Waals surface area contributed by atoms with Crippen LogP contribution in [0.5, 0.6) is 10.9 Å². The van der Waals surface area contributed by atoms with Gasteiger partial charge in [0.05, 0.1) is 17.3 Å². The summed E-state index contributed by atoms with van der Waals surface area (Å²) >= 11 is 1.48. The van der Waals surface area contributed by atoms with E-state index in [9.17, 15) is 4.79 Å². The summed E-state index contributed by atoms with van der Waals surface area (Å²) in [7, 11) is 1.29. The summed E-state index contributed by atoms with van der Waals surface area (Å²) in [4.78, 5) is 21.1. The number of benzene rings is 2. The Kier molecular flexibility index (Phi) is 5.25. The van der Waals surface area contributed by atoms with Gasteiger partial charge in [-0.05, 0) is 25.1 Å². The molecular formula is C18H16N2O4S. The average molecular weight is 356 g/mol. The van der Waals surface area contributed by atoms with E-state index in [1.165, 1.54) is 25.4 Å². The van der Waals surface area contributed by atoms with E-state index in [2.05, 4.69) is 14.9 Å². The van der Waals surface area contributed by atoms with Crippen LogP contribution in [0.4, 0.5) is 0 Å². The number of hydrogen-bond acceptors (Lipinski definition) is 7. The van der Waals surface area contributed by atoms with Crippen molar-refractivity contribution in [2.45, 2.75) is 13.5 Å². The lowest BCUT2D eigenvalue weighted by Gasteiger charge is -2.07. The number of esters is 1.